The molecular formula is C21H29NO4S. The van der Waals surface area contributed by atoms with Gasteiger partial charge in [-0.15, -0.1) is 11.8 Å². The molecule has 1 aliphatic rings. The molecule has 1 aromatic rings. The van der Waals surface area contributed by atoms with E-state index in [9.17, 15) is 9.59 Å². The maximum absolute atomic E-state index is 13.0. The lowest BCUT2D eigenvalue weighted by atomic mass is 10.1. The number of rotatable bonds is 9. The van der Waals surface area contributed by atoms with Gasteiger partial charge in [-0.3, -0.25) is 14.5 Å². The molecular weight excluding hydrogens is 362 g/mol. The predicted octanol–water partition coefficient (Wildman–Crippen LogP) is 4.12. The van der Waals surface area contributed by atoms with Crippen molar-refractivity contribution in [2.24, 2.45) is 0 Å². The highest BCUT2D eigenvalue weighted by Gasteiger charge is 2.39. The second-order valence-corrected chi connectivity index (χ2v) is 8.83. The Bertz CT molecular complexity index is 707. The van der Waals surface area contributed by atoms with Gasteiger partial charge in [-0.05, 0) is 45.4 Å². The van der Waals surface area contributed by atoms with Crippen molar-refractivity contribution >= 4 is 29.1 Å². The molecule has 0 spiro atoms. The first-order valence-corrected chi connectivity index (χ1v) is 10.2. The number of nitrogens with zero attached hydrogens (tertiary/aromatic N) is 1. The molecule has 0 unspecified atom stereocenters. The Morgan fingerprint density at radius 3 is 2.07 bits per heavy atom. The molecule has 0 saturated heterocycles. The van der Waals surface area contributed by atoms with Crippen LogP contribution in [0.5, 0.6) is 5.75 Å². The number of amides is 2. The van der Waals surface area contributed by atoms with Crippen molar-refractivity contribution in [3.8, 4) is 5.75 Å². The molecule has 5 nitrogen and oxygen atoms in total. The smallest absolute Gasteiger partial charge is 0.268 e. The Balaban J connectivity index is 2.29. The fraction of sp³-hybridized carbons (Fsp3) is 0.524. The summed E-state index contributed by atoms with van der Waals surface area (Å²) in [5, 5.41) is 0.196. The van der Waals surface area contributed by atoms with Gasteiger partial charge in [0.25, 0.3) is 11.8 Å². The van der Waals surface area contributed by atoms with Gasteiger partial charge < -0.3 is 9.47 Å². The Morgan fingerprint density at radius 1 is 0.926 bits per heavy atom. The van der Waals surface area contributed by atoms with Crippen molar-refractivity contribution in [1.29, 1.82) is 0 Å². The summed E-state index contributed by atoms with van der Waals surface area (Å²) in [6.45, 7) is 12.4. The number of carbonyl (C=O) groups is 2. The third kappa shape index (κ3) is 5.59. The van der Waals surface area contributed by atoms with Crippen molar-refractivity contribution in [1.82, 2.24) is 4.90 Å². The molecule has 27 heavy (non-hydrogen) atoms. The van der Waals surface area contributed by atoms with Crippen LogP contribution in [-0.2, 0) is 14.3 Å². The van der Waals surface area contributed by atoms with Gasteiger partial charge in [0.1, 0.15) is 5.75 Å². The monoisotopic (exact) mass is 391 g/mol. The molecule has 1 heterocycles. The molecule has 0 saturated carbocycles. The average Bonchev–Trinajstić information content (AvgIpc) is 2.79. The first kappa shape index (κ1) is 21.5. The number of ether oxygens (including phenoxy) is 2. The quantitative estimate of drug-likeness (QED) is 0.593. The van der Waals surface area contributed by atoms with E-state index >= 15 is 0 Å². The lowest BCUT2D eigenvalue weighted by Crippen LogP contribution is -2.35. The Hall–Kier alpha value is -1.79. The maximum Gasteiger partial charge on any atom is 0.268 e. The third-order valence-corrected chi connectivity index (χ3v) is 4.85. The second kappa shape index (κ2) is 9.42. The van der Waals surface area contributed by atoms with Gasteiger partial charge >= 0.3 is 0 Å². The Kier molecular flexibility index (Phi) is 7.50. The van der Waals surface area contributed by atoms with Crippen LogP contribution < -0.4 is 4.74 Å². The summed E-state index contributed by atoms with van der Waals surface area (Å²) in [5.74, 6) is 0.253. The van der Waals surface area contributed by atoms with E-state index in [1.807, 2.05) is 65.8 Å². The normalized spacial score (nSPS) is 15.1. The van der Waals surface area contributed by atoms with E-state index in [1.54, 1.807) is 0 Å². The standard InChI is InChI=1S/C21H29NO4S/c1-13(2)25-12-11-22-20(23)18(19(21(22)24)27-15(5)6)16-7-9-17(10-8-16)26-14(3)4/h7-10,13-15H,11-12H2,1-6H3. The second-order valence-electron chi connectivity index (χ2n) is 7.24. The summed E-state index contributed by atoms with van der Waals surface area (Å²) in [4.78, 5) is 27.7. The molecule has 0 aromatic heterocycles. The minimum absolute atomic E-state index is 0.0586. The van der Waals surface area contributed by atoms with Crippen molar-refractivity contribution in [2.75, 3.05) is 13.2 Å². The van der Waals surface area contributed by atoms with E-state index in [2.05, 4.69) is 0 Å². The van der Waals surface area contributed by atoms with E-state index in [1.165, 1.54) is 16.7 Å². The number of hydrogen-bond donors (Lipinski definition) is 0. The van der Waals surface area contributed by atoms with E-state index in [0.717, 1.165) is 11.3 Å². The molecule has 0 fully saturated rings. The average molecular weight is 392 g/mol. The van der Waals surface area contributed by atoms with Gasteiger partial charge in [0, 0.05) is 5.25 Å². The van der Waals surface area contributed by atoms with Crippen molar-refractivity contribution < 1.29 is 19.1 Å². The van der Waals surface area contributed by atoms with Crippen molar-refractivity contribution in [2.45, 2.75) is 59.0 Å². The largest absolute Gasteiger partial charge is 0.491 e. The number of benzene rings is 1. The van der Waals surface area contributed by atoms with Gasteiger partial charge in [0.05, 0.1) is 35.8 Å². The molecule has 2 rings (SSSR count). The van der Waals surface area contributed by atoms with Crippen LogP contribution in [0.1, 0.15) is 47.1 Å². The molecule has 2 amide bonds. The summed E-state index contributed by atoms with van der Waals surface area (Å²) in [5.41, 5.74) is 1.21. The topological polar surface area (TPSA) is 55.8 Å². The number of carbonyl (C=O) groups excluding carboxylic acids is 2. The number of imide groups is 1. The first-order valence-electron chi connectivity index (χ1n) is 9.36. The molecule has 1 aromatic carbocycles. The van der Waals surface area contributed by atoms with Crippen LogP contribution in [0, 0.1) is 0 Å². The highest BCUT2D eigenvalue weighted by atomic mass is 32.2. The zero-order valence-electron chi connectivity index (χ0n) is 16.9. The maximum atomic E-state index is 13.0. The van der Waals surface area contributed by atoms with Crippen LogP contribution in [0.3, 0.4) is 0 Å². The van der Waals surface area contributed by atoms with E-state index in [-0.39, 0.29) is 35.8 Å². The molecule has 148 valence electrons. The molecule has 0 bridgehead atoms. The van der Waals surface area contributed by atoms with Crippen LogP contribution in [0.4, 0.5) is 0 Å². The van der Waals surface area contributed by atoms with Crippen LogP contribution in [0.25, 0.3) is 5.57 Å². The van der Waals surface area contributed by atoms with Crippen LogP contribution in [0.15, 0.2) is 29.2 Å². The summed E-state index contributed by atoms with van der Waals surface area (Å²) in [6.07, 6.45) is 0.136. The summed E-state index contributed by atoms with van der Waals surface area (Å²) in [7, 11) is 0. The Morgan fingerprint density at radius 2 is 1.56 bits per heavy atom. The van der Waals surface area contributed by atoms with Gasteiger partial charge in [0.15, 0.2) is 0 Å². The zero-order chi connectivity index (χ0) is 20.1. The van der Waals surface area contributed by atoms with Crippen LogP contribution in [-0.4, -0.2) is 47.3 Å². The Labute approximate surface area is 166 Å². The van der Waals surface area contributed by atoms with Gasteiger partial charge in [-0.25, -0.2) is 0 Å². The minimum atomic E-state index is -0.256. The van der Waals surface area contributed by atoms with E-state index in [4.69, 9.17) is 9.47 Å². The lowest BCUT2D eigenvalue weighted by molar-refractivity contribution is -0.137. The van der Waals surface area contributed by atoms with Crippen molar-refractivity contribution in [3.05, 3.63) is 34.7 Å². The van der Waals surface area contributed by atoms with Crippen molar-refractivity contribution in [3.63, 3.8) is 0 Å². The fourth-order valence-electron chi connectivity index (χ4n) is 2.71. The number of thioether (sulfide) groups is 1. The van der Waals surface area contributed by atoms with E-state index in [0.29, 0.717) is 17.1 Å². The lowest BCUT2D eigenvalue weighted by Gasteiger charge is -2.16. The predicted molar refractivity (Wildman–Crippen MR) is 110 cm³/mol. The van der Waals surface area contributed by atoms with Crippen LogP contribution in [0.2, 0.25) is 0 Å². The van der Waals surface area contributed by atoms with Crippen LogP contribution >= 0.6 is 11.8 Å². The summed E-state index contributed by atoms with van der Waals surface area (Å²) >= 11 is 1.43. The molecule has 6 heteroatoms. The van der Waals surface area contributed by atoms with Gasteiger partial charge in [-0.1, -0.05) is 26.0 Å². The van der Waals surface area contributed by atoms with E-state index < -0.39 is 0 Å². The van der Waals surface area contributed by atoms with Gasteiger partial charge in [-0.2, -0.15) is 0 Å². The fourth-order valence-corrected chi connectivity index (χ4v) is 3.71. The third-order valence-electron chi connectivity index (χ3n) is 3.76. The summed E-state index contributed by atoms with van der Waals surface area (Å²) < 4.78 is 11.2. The molecule has 1 aliphatic heterocycles. The first-order chi connectivity index (χ1) is 12.7. The molecule has 0 aliphatic carbocycles. The SMILES string of the molecule is CC(C)OCCN1C(=O)C(SC(C)C)=C(c2ccc(OC(C)C)cc2)C1=O. The highest BCUT2D eigenvalue weighted by Crippen LogP contribution is 2.38. The number of hydrogen-bond acceptors (Lipinski definition) is 5. The van der Waals surface area contributed by atoms with Gasteiger partial charge in [0.2, 0.25) is 0 Å². The molecule has 0 N–H and O–H groups in total. The highest BCUT2D eigenvalue weighted by molar-refractivity contribution is 8.04. The summed E-state index contributed by atoms with van der Waals surface area (Å²) in [6, 6.07) is 7.35. The minimum Gasteiger partial charge on any atom is -0.491 e. The molecule has 0 radical (unpaired) electrons. The molecule has 0 atom stereocenters. The zero-order valence-corrected chi connectivity index (χ0v) is 17.8.